The molecule has 1 aromatic rings. The van der Waals surface area contributed by atoms with Gasteiger partial charge in [0.25, 0.3) is 0 Å². The summed E-state index contributed by atoms with van der Waals surface area (Å²) in [5, 5.41) is 3.54. The van der Waals surface area contributed by atoms with Gasteiger partial charge in [0.15, 0.2) is 5.96 Å². The van der Waals surface area contributed by atoms with Crippen LogP contribution in [0.1, 0.15) is 44.6 Å². The minimum absolute atomic E-state index is 0. The van der Waals surface area contributed by atoms with Crippen LogP contribution in [0, 0.1) is 5.92 Å². The highest BCUT2D eigenvalue weighted by molar-refractivity contribution is 14.0. The van der Waals surface area contributed by atoms with Crippen molar-refractivity contribution >= 4 is 29.9 Å². The Hall–Kier alpha value is -0.860. The van der Waals surface area contributed by atoms with Gasteiger partial charge in [0.1, 0.15) is 0 Å². The van der Waals surface area contributed by atoms with Gasteiger partial charge in [-0.1, -0.05) is 37.3 Å². The van der Waals surface area contributed by atoms with Gasteiger partial charge in [-0.2, -0.15) is 0 Å². The summed E-state index contributed by atoms with van der Waals surface area (Å²) in [6.07, 6.45) is 3.64. The maximum atomic E-state index is 4.99. The number of nitrogens with zero attached hydrogens (tertiary/aromatic N) is 4. The van der Waals surface area contributed by atoms with E-state index >= 15 is 0 Å². The second-order valence-electron chi connectivity index (χ2n) is 8.82. The molecule has 1 aromatic carbocycles. The van der Waals surface area contributed by atoms with Gasteiger partial charge in [0, 0.05) is 39.3 Å². The number of nitrogens with one attached hydrogen (secondary N) is 1. The molecule has 2 fully saturated rings. The molecule has 2 aliphatic heterocycles. The summed E-state index contributed by atoms with van der Waals surface area (Å²) in [5.41, 5.74) is 1.49. The van der Waals surface area contributed by atoms with E-state index < -0.39 is 0 Å². The minimum atomic E-state index is 0. The molecule has 0 spiro atoms. The van der Waals surface area contributed by atoms with E-state index in [1.165, 1.54) is 51.1 Å². The van der Waals surface area contributed by atoms with Crippen LogP contribution in [0.15, 0.2) is 35.3 Å². The van der Waals surface area contributed by atoms with Gasteiger partial charge in [-0.25, -0.2) is 0 Å². The number of likely N-dealkylation sites (N-methyl/N-ethyl adjacent to an activating group) is 1. The number of hydrogen-bond donors (Lipinski definition) is 1. The van der Waals surface area contributed by atoms with Crippen LogP contribution in [0.25, 0.3) is 0 Å². The standard InChI is InChI=1S/C24H41N5.HI/c1-4-25-24(26-13-8-15-28-16-9-14-27(3)18-19-28)29-17-12-23(21(2)20-29)22-10-6-5-7-11-22;/h5-7,10-11,21,23H,4,8-9,12-20H2,1-3H3,(H,25,26);1H. The number of halogens is 1. The molecule has 2 unspecified atom stereocenters. The summed E-state index contributed by atoms with van der Waals surface area (Å²) in [5.74, 6) is 2.42. The summed E-state index contributed by atoms with van der Waals surface area (Å²) in [6.45, 7) is 14.6. The van der Waals surface area contributed by atoms with Crippen LogP contribution >= 0.6 is 24.0 Å². The Bertz CT molecular complexity index is 623. The third-order valence-corrected chi connectivity index (χ3v) is 6.47. The first kappa shape index (κ1) is 25.4. The second-order valence-corrected chi connectivity index (χ2v) is 8.82. The fourth-order valence-corrected chi connectivity index (χ4v) is 4.76. The lowest BCUT2D eigenvalue weighted by Gasteiger charge is -2.39. The molecule has 2 saturated heterocycles. The Morgan fingerprint density at radius 2 is 1.90 bits per heavy atom. The van der Waals surface area contributed by atoms with Gasteiger partial charge in [0.05, 0.1) is 0 Å². The summed E-state index contributed by atoms with van der Waals surface area (Å²) in [6, 6.07) is 11.0. The maximum Gasteiger partial charge on any atom is 0.193 e. The van der Waals surface area contributed by atoms with Crippen molar-refractivity contribution in [3.05, 3.63) is 35.9 Å². The third-order valence-electron chi connectivity index (χ3n) is 6.47. The zero-order chi connectivity index (χ0) is 20.5. The first-order chi connectivity index (χ1) is 14.2. The molecule has 30 heavy (non-hydrogen) atoms. The highest BCUT2D eigenvalue weighted by Gasteiger charge is 2.28. The fraction of sp³-hybridized carbons (Fsp3) is 0.708. The lowest BCUT2D eigenvalue weighted by Crippen LogP contribution is -2.48. The topological polar surface area (TPSA) is 34.1 Å². The average Bonchev–Trinajstić information content (AvgIpc) is 2.95. The zero-order valence-corrected chi connectivity index (χ0v) is 21.6. The summed E-state index contributed by atoms with van der Waals surface area (Å²) in [4.78, 5) is 12.5. The smallest absolute Gasteiger partial charge is 0.193 e. The largest absolute Gasteiger partial charge is 0.357 e. The van der Waals surface area contributed by atoms with E-state index in [1.54, 1.807) is 0 Å². The van der Waals surface area contributed by atoms with Crippen molar-refractivity contribution in [1.29, 1.82) is 0 Å². The third kappa shape index (κ3) is 7.68. The van der Waals surface area contributed by atoms with Crippen molar-refractivity contribution in [3.63, 3.8) is 0 Å². The number of likely N-dealkylation sites (tertiary alicyclic amines) is 1. The Kier molecular flexibility index (Phi) is 11.5. The quantitative estimate of drug-likeness (QED) is 0.265. The summed E-state index contributed by atoms with van der Waals surface area (Å²) in [7, 11) is 2.23. The predicted octanol–water partition coefficient (Wildman–Crippen LogP) is 3.72. The van der Waals surface area contributed by atoms with Gasteiger partial charge >= 0.3 is 0 Å². The predicted molar refractivity (Wildman–Crippen MR) is 139 cm³/mol. The van der Waals surface area contributed by atoms with Crippen LogP contribution in [-0.4, -0.2) is 86.6 Å². The lowest BCUT2D eigenvalue weighted by atomic mass is 9.82. The number of aliphatic imine (C=N–C) groups is 1. The van der Waals surface area contributed by atoms with E-state index in [9.17, 15) is 0 Å². The first-order valence-corrected chi connectivity index (χ1v) is 11.7. The van der Waals surface area contributed by atoms with E-state index in [1.807, 2.05) is 0 Å². The molecule has 0 bridgehead atoms. The number of benzene rings is 1. The number of piperidine rings is 1. The first-order valence-electron chi connectivity index (χ1n) is 11.7. The van der Waals surface area contributed by atoms with Crippen molar-refractivity contribution in [2.75, 3.05) is 66.0 Å². The van der Waals surface area contributed by atoms with E-state index in [2.05, 4.69) is 71.2 Å². The molecule has 1 N–H and O–H groups in total. The minimum Gasteiger partial charge on any atom is -0.357 e. The van der Waals surface area contributed by atoms with E-state index in [0.29, 0.717) is 11.8 Å². The van der Waals surface area contributed by atoms with Crippen LogP contribution in [0.4, 0.5) is 0 Å². The molecule has 2 heterocycles. The molecule has 0 aliphatic carbocycles. The molecule has 6 heteroatoms. The Balaban J connectivity index is 0.00000320. The number of guanidine groups is 1. The molecule has 3 rings (SSSR count). The normalized spacial score (nSPS) is 24.2. The van der Waals surface area contributed by atoms with E-state index in [0.717, 1.165) is 38.6 Å². The Morgan fingerprint density at radius 3 is 2.63 bits per heavy atom. The van der Waals surface area contributed by atoms with Gasteiger partial charge in [-0.3, -0.25) is 4.99 Å². The molecule has 2 atom stereocenters. The zero-order valence-electron chi connectivity index (χ0n) is 19.2. The van der Waals surface area contributed by atoms with Crippen molar-refractivity contribution in [2.24, 2.45) is 10.9 Å². The SMILES string of the molecule is CCNC(=NCCCN1CCCN(C)CC1)N1CCC(c2ccccc2)C(C)C1.I. The van der Waals surface area contributed by atoms with Crippen LogP contribution in [0.3, 0.4) is 0 Å². The van der Waals surface area contributed by atoms with Crippen LogP contribution in [-0.2, 0) is 0 Å². The van der Waals surface area contributed by atoms with Crippen LogP contribution in [0.5, 0.6) is 0 Å². The molecule has 0 saturated carbocycles. The Labute approximate surface area is 201 Å². The van der Waals surface area contributed by atoms with Crippen molar-refractivity contribution in [2.45, 2.75) is 39.0 Å². The molecular weight excluding hydrogens is 485 g/mol. The molecule has 5 nitrogen and oxygen atoms in total. The van der Waals surface area contributed by atoms with Gasteiger partial charge in [-0.05, 0) is 70.3 Å². The van der Waals surface area contributed by atoms with Crippen molar-refractivity contribution in [1.82, 2.24) is 20.0 Å². The highest BCUT2D eigenvalue weighted by Crippen LogP contribution is 2.32. The van der Waals surface area contributed by atoms with Crippen molar-refractivity contribution < 1.29 is 0 Å². The molecule has 170 valence electrons. The molecular formula is C24H42IN5. The van der Waals surface area contributed by atoms with Gasteiger partial charge < -0.3 is 20.0 Å². The van der Waals surface area contributed by atoms with Crippen LogP contribution in [0.2, 0.25) is 0 Å². The second kappa shape index (κ2) is 13.5. The monoisotopic (exact) mass is 527 g/mol. The molecule has 0 radical (unpaired) electrons. The summed E-state index contributed by atoms with van der Waals surface area (Å²) < 4.78 is 0. The fourth-order valence-electron chi connectivity index (χ4n) is 4.76. The van der Waals surface area contributed by atoms with E-state index in [-0.39, 0.29) is 24.0 Å². The summed E-state index contributed by atoms with van der Waals surface area (Å²) >= 11 is 0. The molecule has 0 aromatic heterocycles. The van der Waals surface area contributed by atoms with Gasteiger partial charge in [-0.15, -0.1) is 24.0 Å². The van der Waals surface area contributed by atoms with Gasteiger partial charge in [0.2, 0.25) is 0 Å². The van der Waals surface area contributed by atoms with E-state index in [4.69, 9.17) is 4.99 Å². The molecule has 2 aliphatic rings. The average molecular weight is 528 g/mol. The number of hydrogen-bond acceptors (Lipinski definition) is 3. The number of rotatable bonds is 6. The maximum absolute atomic E-state index is 4.99. The highest BCUT2D eigenvalue weighted by atomic mass is 127. The van der Waals surface area contributed by atoms with Crippen LogP contribution < -0.4 is 5.32 Å². The van der Waals surface area contributed by atoms with Crippen molar-refractivity contribution in [3.8, 4) is 0 Å². The molecule has 0 amide bonds. The Morgan fingerprint density at radius 1 is 1.10 bits per heavy atom. The lowest BCUT2D eigenvalue weighted by molar-refractivity contribution is 0.234.